The molecule has 2 aromatic rings. The summed E-state index contributed by atoms with van der Waals surface area (Å²) in [4.78, 5) is 26.3. The number of fused-ring (bicyclic) bond motifs is 1. The summed E-state index contributed by atoms with van der Waals surface area (Å²) in [6.45, 7) is 2.58. The third-order valence-electron chi connectivity index (χ3n) is 5.29. The van der Waals surface area contributed by atoms with Gasteiger partial charge in [0.05, 0.1) is 22.7 Å². The van der Waals surface area contributed by atoms with Gasteiger partial charge in [-0.1, -0.05) is 49.2 Å². The maximum atomic E-state index is 13.4. The van der Waals surface area contributed by atoms with Crippen molar-refractivity contribution in [2.75, 3.05) is 17.2 Å². The highest BCUT2D eigenvalue weighted by Crippen LogP contribution is 2.38. The van der Waals surface area contributed by atoms with E-state index in [0.29, 0.717) is 22.8 Å². The van der Waals surface area contributed by atoms with E-state index in [0.717, 1.165) is 42.5 Å². The Labute approximate surface area is 170 Å². The van der Waals surface area contributed by atoms with E-state index in [9.17, 15) is 14.7 Å². The minimum Gasteiger partial charge on any atom is -0.481 e. The van der Waals surface area contributed by atoms with Gasteiger partial charge in [-0.2, -0.15) is 0 Å². The van der Waals surface area contributed by atoms with E-state index in [4.69, 9.17) is 17.3 Å². The molecule has 28 heavy (non-hydrogen) atoms. The average Bonchev–Trinajstić information content (AvgIpc) is 2.85. The number of aryl methyl sites for hydroxylation is 1. The molecule has 0 radical (unpaired) electrons. The van der Waals surface area contributed by atoms with Gasteiger partial charge in [0.15, 0.2) is 0 Å². The molecule has 1 atom stereocenters. The molecule has 0 saturated heterocycles. The van der Waals surface area contributed by atoms with Crippen molar-refractivity contribution in [2.24, 2.45) is 0 Å². The first-order valence-corrected chi connectivity index (χ1v) is 10.0. The Bertz CT molecular complexity index is 897. The van der Waals surface area contributed by atoms with Gasteiger partial charge in [0.2, 0.25) is 0 Å². The molecule has 5 nitrogen and oxygen atoms in total. The van der Waals surface area contributed by atoms with Crippen LogP contribution in [0.2, 0.25) is 5.02 Å². The Kier molecular flexibility index (Phi) is 6.25. The van der Waals surface area contributed by atoms with Crippen LogP contribution in [0, 0.1) is 0 Å². The zero-order chi connectivity index (χ0) is 20.3. The van der Waals surface area contributed by atoms with Crippen molar-refractivity contribution in [2.45, 2.75) is 44.9 Å². The van der Waals surface area contributed by atoms with E-state index < -0.39 is 5.97 Å². The molecule has 6 heteroatoms. The number of hydrogen-bond acceptors (Lipinski definition) is 3. The van der Waals surface area contributed by atoms with Crippen LogP contribution in [0.5, 0.6) is 0 Å². The van der Waals surface area contributed by atoms with E-state index >= 15 is 0 Å². The second-order valence-electron chi connectivity index (χ2n) is 7.20. The molecule has 0 bridgehead atoms. The standard InChI is InChI=1S/C22H25ClN2O3/c1-2-6-14-10-11-17(20(23)21(14)24)22(28)25-12-5-7-15(13-19(26)27)16-8-3-4-9-18(16)25/h3-4,8-11,15H,2,5-7,12-13,24H2,1H3,(H,26,27). The van der Waals surface area contributed by atoms with Crippen LogP contribution in [-0.4, -0.2) is 23.5 Å². The number of aliphatic carboxylic acids is 1. The van der Waals surface area contributed by atoms with Crippen molar-refractivity contribution in [1.82, 2.24) is 0 Å². The minimum atomic E-state index is -0.832. The van der Waals surface area contributed by atoms with E-state index in [-0.39, 0.29) is 18.2 Å². The van der Waals surface area contributed by atoms with E-state index in [1.54, 1.807) is 11.0 Å². The van der Waals surface area contributed by atoms with Crippen molar-refractivity contribution < 1.29 is 14.7 Å². The number of halogens is 1. The molecule has 1 heterocycles. The quantitative estimate of drug-likeness (QED) is 0.701. The van der Waals surface area contributed by atoms with Gasteiger partial charge in [0.25, 0.3) is 5.91 Å². The molecule has 0 aliphatic carbocycles. The molecule has 1 unspecified atom stereocenters. The Morgan fingerprint density at radius 3 is 2.71 bits per heavy atom. The normalized spacial score (nSPS) is 16.4. The predicted molar refractivity (Wildman–Crippen MR) is 112 cm³/mol. The second kappa shape index (κ2) is 8.65. The number of anilines is 2. The van der Waals surface area contributed by atoms with Crippen LogP contribution < -0.4 is 10.6 Å². The summed E-state index contributed by atoms with van der Waals surface area (Å²) in [5.74, 6) is -1.15. The SMILES string of the molecule is CCCc1ccc(C(=O)N2CCCC(CC(=O)O)c3ccccc32)c(Cl)c1N. The van der Waals surface area contributed by atoms with Crippen LogP contribution in [0.1, 0.15) is 60.0 Å². The zero-order valence-corrected chi connectivity index (χ0v) is 16.7. The molecular weight excluding hydrogens is 376 g/mol. The molecule has 1 aliphatic heterocycles. The van der Waals surface area contributed by atoms with Gasteiger partial charge in [-0.25, -0.2) is 0 Å². The number of rotatable bonds is 5. The summed E-state index contributed by atoms with van der Waals surface area (Å²) < 4.78 is 0. The van der Waals surface area contributed by atoms with Crippen LogP contribution in [-0.2, 0) is 11.2 Å². The van der Waals surface area contributed by atoms with E-state index in [1.165, 1.54) is 0 Å². The van der Waals surface area contributed by atoms with E-state index in [1.807, 2.05) is 30.3 Å². The Hall–Kier alpha value is -2.53. The smallest absolute Gasteiger partial charge is 0.303 e. The highest BCUT2D eigenvalue weighted by Gasteiger charge is 2.29. The number of nitrogens with two attached hydrogens (primary N) is 1. The maximum Gasteiger partial charge on any atom is 0.303 e. The molecule has 2 aromatic carbocycles. The predicted octanol–water partition coefficient (Wildman–Crippen LogP) is 4.87. The number of para-hydroxylation sites is 1. The summed E-state index contributed by atoms with van der Waals surface area (Å²) in [5.41, 5.74) is 9.60. The van der Waals surface area contributed by atoms with Gasteiger partial charge in [-0.3, -0.25) is 9.59 Å². The average molecular weight is 401 g/mol. The van der Waals surface area contributed by atoms with Crippen LogP contribution in [0.15, 0.2) is 36.4 Å². The summed E-state index contributed by atoms with van der Waals surface area (Å²) in [7, 11) is 0. The molecule has 3 N–H and O–H groups in total. The first kappa shape index (κ1) is 20.2. The number of carboxylic acids is 1. The van der Waals surface area contributed by atoms with Crippen molar-refractivity contribution in [3.05, 3.63) is 58.1 Å². The number of hydrogen-bond donors (Lipinski definition) is 2. The Morgan fingerprint density at radius 1 is 1.25 bits per heavy atom. The number of benzene rings is 2. The molecule has 1 amide bonds. The molecular formula is C22H25ClN2O3. The lowest BCUT2D eigenvalue weighted by Crippen LogP contribution is -2.32. The first-order valence-electron chi connectivity index (χ1n) is 9.63. The second-order valence-corrected chi connectivity index (χ2v) is 7.58. The Morgan fingerprint density at radius 2 is 2.00 bits per heavy atom. The zero-order valence-electron chi connectivity index (χ0n) is 16.0. The van der Waals surface area contributed by atoms with Gasteiger partial charge in [0, 0.05) is 12.2 Å². The summed E-state index contributed by atoms with van der Waals surface area (Å²) in [6, 6.07) is 11.1. The van der Waals surface area contributed by atoms with Gasteiger partial charge < -0.3 is 15.7 Å². The lowest BCUT2D eigenvalue weighted by molar-refractivity contribution is -0.137. The molecule has 148 valence electrons. The van der Waals surface area contributed by atoms with E-state index in [2.05, 4.69) is 6.92 Å². The van der Waals surface area contributed by atoms with Crippen LogP contribution in [0.4, 0.5) is 11.4 Å². The maximum absolute atomic E-state index is 13.4. The van der Waals surface area contributed by atoms with Crippen molar-refractivity contribution in [3.63, 3.8) is 0 Å². The lowest BCUT2D eigenvalue weighted by atomic mass is 9.91. The third kappa shape index (κ3) is 3.99. The summed E-state index contributed by atoms with van der Waals surface area (Å²) in [5, 5.41) is 9.55. The fourth-order valence-corrected chi connectivity index (χ4v) is 4.18. The van der Waals surface area contributed by atoms with Gasteiger partial charge in [0.1, 0.15) is 0 Å². The largest absolute Gasteiger partial charge is 0.481 e. The molecule has 0 fully saturated rings. The lowest BCUT2D eigenvalue weighted by Gasteiger charge is -2.25. The highest BCUT2D eigenvalue weighted by molar-refractivity contribution is 6.37. The van der Waals surface area contributed by atoms with Crippen LogP contribution in [0.25, 0.3) is 0 Å². The summed E-state index contributed by atoms with van der Waals surface area (Å²) >= 11 is 6.46. The topological polar surface area (TPSA) is 83.6 Å². The minimum absolute atomic E-state index is 0.0540. The molecule has 1 aliphatic rings. The van der Waals surface area contributed by atoms with Crippen LogP contribution in [0.3, 0.4) is 0 Å². The number of carbonyl (C=O) groups excluding carboxylic acids is 1. The van der Waals surface area contributed by atoms with Gasteiger partial charge in [-0.05, 0) is 48.4 Å². The fraction of sp³-hybridized carbons (Fsp3) is 0.364. The van der Waals surface area contributed by atoms with Crippen LogP contribution >= 0.6 is 11.6 Å². The molecule has 0 aromatic heterocycles. The monoisotopic (exact) mass is 400 g/mol. The number of carboxylic acid groups (broad SMARTS) is 1. The number of nitrogen functional groups attached to an aromatic ring is 1. The van der Waals surface area contributed by atoms with Crippen molar-refractivity contribution in [1.29, 1.82) is 0 Å². The van der Waals surface area contributed by atoms with Gasteiger partial charge >= 0.3 is 5.97 Å². The van der Waals surface area contributed by atoms with Crippen molar-refractivity contribution in [3.8, 4) is 0 Å². The highest BCUT2D eigenvalue weighted by atomic mass is 35.5. The Balaban J connectivity index is 2.00. The molecule has 3 rings (SSSR count). The van der Waals surface area contributed by atoms with Crippen molar-refractivity contribution >= 4 is 34.9 Å². The van der Waals surface area contributed by atoms with Gasteiger partial charge in [-0.15, -0.1) is 0 Å². The molecule has 0 saturated carbocycles. The number of amides is 1. The third-order valence-corrected chi connectivity index (χ3v) is 5.69. The number of nitrogens with zero attached hydrogens (tertiary/aromatic N) is 1. The summed E-state index contributed by atoms with van der Waals surface area (Å²) in [6.07, 6.45) is 3.25. The fourth-order valence-electron chi connectivity index (χ4n) is 3.91. The molecule has 0 spiro atoms. The number of carbonyl (C=O) groups is 2. The first-order chi connectivity index (χ1) is 13.4.